The van der Waals surface area contributed by atoms with Crippen LogP contribution in [0.15, 0.2) is 0 Å². The van der Waals surface area contributed by atoms with Gasteiger partial charge in [-0.3, -0.25) is 4.79 Å². The van der Waals surface area contributed by atoms with E-state index in [0.29, 0.717) is 12.8 Å². The van der Waals surface area contributed by atoms with Gasteiger partial charge in [0.15, 0.2) is 0 Å². The minimum atomic E-state index is -5.95. The number of hydrogen-bond acceptors (Lipinski definition) is 2. The third kappa shape index (κ3) is 2.48. The molecule has 3 nitrogen and oxygen atoms in total. The molecular formula is C9H9F5N2O. The lowest BCUT2D eigenvalue weighted by Gasteiger charge is -2.26. The van der Waals surface area contributed by atoms with Crippen molar-refractivity contribution in [3.05, 3.63) is 0 Å². The highest BCUT2D eigenvalue weighted by molar-refractivity contribution is 5.85. The summed E-state index contributed by atoms with van der Waals surface area (Å²) in [6, 6.07) is 1.60. The summed E-state index contributed by atoms with van der Waals surface area (Å²) >= 11 is 0. The third-order valence-corrected chi connectivity index (χ3v) is 2.67. The summed E-state index contributed by atoms with van der Waals surface area (Å²) < 4.78 is 61.0. The van der Waals surface area contributed by atoms with Crippen LogP contribution in [0.5, 0.6) is 0 Å². The van der Waals surface area contributed by atoms with Crippen molar-refractivity contribution in [1.82, 2.24) is 5.32 Å². The fourth-order valence-electron chi connectivity index (χ4n) is 1.67. The highest BCUT2D eigenvalue weighted by Gasteiger charge is 2.64. The molecule has 1 N–H and O–H groups in total. The summed E-state index contributed by atoms with van der Waals surface area (Å²) in [5.74, 6) is -7.94. The van der Waals surface area contributed by atoms with Crippen molar-refractivity contribution in [1.29, 1.82) is 5.26 Å². The maximum atomic E-state index is 12.6. The summed E-state index contributed by atoms with van der Waals surface area (Å²) in [5.41, 5.74) is -1.59. The SMILES string of the molecule is N#CC1(NC(=O)C(F)(F)C(F)(F)F)CCCC1. The van der Waals surface area contributed by atoms with Crippen LogP contribution >= 0.6 is 0 Å². The number of nitrogens with zero attached hydrogens (tertiary/aromatic N) is 1. The average molecular weight is 256 g/mol. The van der Waals surface area contributed by atoms with Gasteiger partial charge in [-0.1, -0.05) is 0 Å². The standard InChI is InChI=1S/C9H9F5N2O/c10-8(11,9(12,13)14)6(17)16-7(5-15)3-1-2-4-7/h1-4H2,(H,16,17). The zero-order valence-electron chi connectivity index (χ0n) is 8.57. The predicted molar refractivity (Wildman–Crippen MR) is 46.0 cm³/mol. The summed E-state index contributed by atoms with van der Waals surface area (Å²) in [6.07, 6.45) is -4.77. The van der Waals surface area contributed by atoms with Crippen molar-refractivity contribution < 1.29 is 26.7 Å². The molecule has 0 spiro atoms. The monoisotopic (exact) mass is 256 g/mol. The molecule has 0 aliphatic heterocycles. The van der Waals surface area contributed by atoms with E-state index in [0.717, 1.165) is 0 Å². The number of nitrogens with one attached hydrogen (secondary N) is 1. The fourth-order valence-corrected chi connectivity index (χ4v) is 1.67. The van der Waals surface area contributed by atoms with Gasteiger partial charge in [-0.2, -0.15) is 27.2 Å². The molecule has 0 bridgehead atoms. The Labute approximate surface area is 93.6 Å². The van der Waals surface area contributed by atoms with Gasteiger partial charge in [-0.25, -0.2) is 0 Å². The predicted octanol–water partition coefficient (Wildman–Crippen LogP) is 2.14. The number of halogens is 5. The second kappa shape index (κ2) is 4.13. The molecule has 0 saturated heterocycles. The quantitative estimate of drug-likeness (QED) is 0.769. The van der Waals surface area contributed by atoms with Gasteiger partial charge in [0.2, 0.25) is 0 Å². The Bertz CT molecular complexity index is 351. The fraction of sp³-hybridized carbons (Fsp3) is 0.778. The maximum Gasteiger partial charge on any atom is 0.463 e. The molecule has 0 heterocycles. The van der Waals surface area contributed by atoms with Crippen LogP contribution in [0.3, 0.4) is 0 Å². The summed E-state index contributed by atoms with van der Waals surface area (Å²) in [4.78, 5) is 10.9. The van der Waals surface area contributed by atoms with Gasteiger partial charge in [-0.05, 0) is 25.7 Å². The van der Waals surface area contributed by atoms with E-state index in [9.17, 15) is 26.7 Å². The molecule has 1 fully saturated rings. The normalized spacial score (nSPS) is 19.8. The van der Waals surface area contributed by atoms with E-state index < -0.39 is 23.5 Å². The molecule has 1 aliphatic rings. The van der Waals surface area contributed by atoms with E-state index in [1.807, 2.05) is 0 Å². The Hall–Kier alpha value is -1.39. The Kier molecular flexibility index (Phi) is 3.32. The molecule has 1 amide bonds. The Morgan fingerprint density at radius 1 is 1.18 bits per heavy atom. The lowest BCUT2D eigenvalue weighted by atomic mass is 9.99. The van der Waals surface area contributed by atoms with Gasteiger partial charge in [0.1, 0.15) is 5.54 Å². The second-order valence-corrected chi connectivity index (χ2v) is 3.93. The van der Waals surface area contributed by atoms with E-state index in [1.54, 1.807) is 6.07 Å². The molecule has 0 radical (unpaired) electrons. The van der Waals surface area contributed by atoms with Crippen LogP contribution in [0.2, 0.25) is 0 Å². The first-order valence-corrected chi connectivity index (χ1v) is 4.83. The molecule has 0 atom stereocenters. The smallest absolute Gasteiger partial charge is 0.332 e. The summed E-state index contributed by atoms with van der Waals surface area (Å²) in [6.45, 7) is 0. The largest absolute Gasteiger partial charge is 0.463 e. The van der Waals surface area contributed by atoms with Crippen LogP contribution < -0.4 is 5.32 Å². The Morgan fingerprint density at radius 3 is 2.00 bits per heavy atom. The molecule has 0 aromatic rings. The molecule has 0 aromatic carbocycles. The van der Waals surface area contributed by atoms with Gasteiger partial charge in [0.05, 0.1) is 6.07 Å². The molecule has 1 rings (SSSR count). The van der Waals surface area contributed by atoms with Crippen molar-refractivity contribution in [3.8, 4) is 6.07 Å². The van der Waals surface area contributed by atoms with Crippen molar-refractivity contribution in [2.45, 2.75) is 43.3 Å². The maximum absolute atomic E-state index is 12.6. The number of carbonyl (C=O) groups excluding carboxylic acids is 1. The molecule has 0 aromatic heterocycles. The van der Waals surface area contributed by atoms with Crippen molar-refractivity contribution in [3.63, 3.8) is 0 Å². The average Bonchev–Trinajstić information content (AvgIpc) is 2.65. The number of hydrogen-bond donors (Lipinski definition) is 1. The van der Waals surface area contributed by atoms with E-state index in [4.69, 9.17) is 5.26 Å². The van der Waals surface area contributed by atoms with E-state index >= 15 is 0 Å². The third-order valence-electron chi connectivity index (χ3n) is 2.67. The molecule has 8 heteroatoms. The highest BCUT2D eigenvalue weighted by Crippen LogP contribution is 2.37. The van der Waals surface area contributed by atoms with Crippen molar-refractivity contribution >= 4 is 5.91 Å². The van der Waals surface area contributed by atoms with Crippen LogP contribution in [0.4, 0.5) is 22.0 Å². The van der Waals surface area contributed by atoms with Gasteiger partial charge >= 0.3 is 18.0 Å². The van der Waals surface area contributed by atoms with Crippen LogP contribution in [0.25, 0.3) is 0 Å². The van der Waals surface area contributed by atoms with E-state index in [2.05, 4.69) is 0 Å². The zero-order chi connectivity index (χ0) is 13.3. The van der Waals surface area contributed by atoms with Crippen LogP contribution in [-0.2, 0) is 4.79 Å². The first-order valence-electron chi connectivity index (χ1n) is 4.83. The molecule has 1 aliphatic carbocycles. The van der Waals surface area contributed by atoms with Gasteiger partial charge in [-0.15, -0.1) is 0 Å². The first-order chi connectivity index (χ1) is 7.65. The molecule has 0 unspecified atom stereocenters. The Morgan fingerprint density at radius 2 is 1.65 bits per heavy atom. The van der Waals surface area contributed by atoms with Gasteiger partial charge in [0, 0.05) is 0 Å². The van der Waals surface area contributed by atoms with Crippen LogP contribution in [0.1, 0.15) is 25.7 Å². The van der Waals surface area contributed by atoms with Gasteiger partial charge < -0.3 is 5.32 Å². The summed E-state index contributed by atoms with van der Waals surface area (Å²) in [7, 11) is 0. The zero-order valence-corrected chi connectivity index (χ0v) is 8.57. The van der Waals surface area contributed by atoms with Crippen molar-refractivity contribution in [2.24, 2.45) is 0 Å². The number of nitriles is 1. The highest BCUT2D eigenvalue weighted by atomic mass is 19.4. The minimum absolute atomic E-state index is 0.0865. The number of amides is 1. The first kappa shape index (κ1) is 13.7. The van der Waals surface area contributed by atoms with E-state index in [-0.39, 0.29) is 12.8 Å². The van der Waals surface area contributed by atoms with Crippen LogP contribution in [-0.4, -0.2) is 23.5 Å². The number of rotatable bonds is 2. The van der Waals surface area contributed by atoms with Crippen LogP contribution in [0, 0.1) is 11.3 Å². The lowest BCUT2D eigenvalue weighted by molar-refractivity contribution is -0.270. The minimum Gasteiger partial charge on any atom is -0.332 e. The lowest BCUT2D eigenvalue weighted by Crippen LogP contribution is -2.56. The second-order valence-electron chi connectivity index (χ2n) is 3.93. The molecule has 17 heavy (non-hydrogen) atoms. The number of alkyl halides is 5. The number of carbonyl (C=O) groups is 1. The van der Waals surface area contributed by atoms with Gasteiger partial charge in [0.25, 0.3) is 0 Å². The molecule has 1 saturated carbocycles. The summed E-state index contributed by atoms with van der Waals surface area (Å²) in [5, 5.41) is 10.3. The topological polar surface area (TPSA) is 52.9 Å². The molecule has 96 valence electrons. The van der Waals surface area contributed by atoms with E-state index in [1.165, 1.54) is 5.32 Å². The Balaban J connectivity index is 2.83. The van der Waals surface area contributed by atoms with Crippen molar-refractivity contribution in [2.75, 3.05) is 0 Å². The molecular weight excluding hydrogens is 247 g/mol.